The molecule has 126 valence electrons. The molecule has 1 amide bonds. The number of benzene rings is 2. The molecule has 1 heterocycles. The SMILES string of the molecule is Cc1cccc(CNC(=O)c2ccnc(Nc3cccc(Cl)c3)n2)c1. The van der Waals surface area contributed by atoms with E-state index in [1.54, 1.807) is 24.4 Å². The second-order valence-corrected chi connectivity index (χ2v) is 6.01. The Morgan fingerprint density at radius 1 is 1.12 bits per heavy atom. The van der Waals surface area contributed by atoms with Gasteiger partial charge in [0, 0.05) is 23.5 Å². The Morgan fingerprint density at radius 3 is 2.76 bits per heavy atom. The summed E-state index contributed by atoms with van der Waals surface area (Å²) in [5, 5.41) is 6.51. The minimum Gasteiger partial charge on any atom is -0.347 e. The first-order valence-corrected chi connectivity index (χ1v) is 8.17. The highest BCUT2D eigenvalue weighted by Gasteiger charge is 2.09. The summed E-state index contributed by atoms with van der Waals surface area (Å²) in [7, 11) is 0. The predicted octanol–water partition coefficient (Wildman–Crippen LogP) is 4.11. The summed E-state index contributed by atoms with van der Waals surface area (Å²) >= 11 is 5.96. The second-order valence-electron chi connectivity index (χ2n) is 5.57. The number of carbonyl (C=O) groups is 1. The van der Waals surface area contributed by atoms with Gasteiger partial charge < -0.3 is 10.6 Å². The maximum absolute atomic E-state index is 12.3. The zero-order valence-electron chi connectivity index (χ0n) is 13.7. The molecule has 2 N–H and O–H groups in total. The molecule has 0 saturated heterocycles. The van der Waals surface area contributed by atoms with Gasteiger partial charge in [-0.15, -0.1) is 0 Å². The van der Waals surface area contributed by atoms with Crippen LogP contribution in [0.4, 0.5) is 11.6 Å². The Balaban J connectivity index is 1.67. The first-order valence-electron chi connectivity index (χ1n) is 7.79. The molecule has 25 heavy (non-hydrogen) atoms. The number of rotatable bonds is 5. The van der Waals surface area contributed by atoms with Crippen LogP contribution in [0.15, 0.2) is 60.8 Å². The topological polar surface area (TPSA) is 66.9 Å². The summed E-state index contributed by atoms with van der Waals surface area (Å²) in [6, 6.07) is 16.8. The van der Waals surface area contributed by atoms with Gasteiger partial charge in [-0.1, -0.05) is 47.5 Å². The summed E-state index contributed by atoms with van der Waals surface area (Å²) in [6.07, 6.45) is 1.54. The number of hydrogen-bond acceptors (Lipinski definition) is 4. The van der Waals surface area contributed by atoms with E-state index in [4.69, 9.17) is 11.6 Å². The largest absolute Gasteiger partial charge is 0.347 e. The van der Waals surface area contributed by atoms with Crippen molar-refractivity contribution in [3.63, 3.8) is 0 Å². The monoisotopic (exact) mass is 352 g/mol. The molecule has 0 unspecified atom stereocenters. The zero-order chi connectivity index (χ0) is 17.6. The fraction of sp³-hybridized carbons (Fsp3) is 0.105. The number of amides is 1. The summed E-state index contributed by atoms with van der Waals surface area (Å²) in [5.41, 5.74) is 3.25. The van der Waals surface area contributed by atoms with E-state index in [9.17, 15) is 4.79 Å². The first-order chi connectivity index (χ1) is 12.1. The van der Waals surface area contributed by atoms with Crippen LogP contribution < -0.4 is 10.6 Å². The Kier molecular flexibility index (Phi) is 5.26. The number of carbonyl (C=O) groups excluding carboxylic acids is 1. The summed E-state index contributed by atoms with van der Waals surface area (Å²) in [5.74, 6) is 0.0866. The third-order valence-corrected chi connectivity index (χ3v) is 3.74. The molecular formula is C19H17ClN4O. The van der Waals surface area contributed by atoms with Crippen LogP contribution in [-0.4, -0.2) is 15.9 Å². The van der Waals surface area contributed by atoms with Crippen LogP contribution in [0.2, 0.25) is 5.02 Å². The molecule has 3 aromatic rings. The average molecular weight is 353 g/mol. The maximum atomic E-state index is 12.3. The molecule has 1 aromatic heterocycles. The number of anilines is 2. The number of hydrogen-bond donors (Lipinski definition) is 2. The molecule has 6 heteroatoms. The molecule has 3 rings (SSSR count). The van der Waals surface area contributed by atoms with Crippen molar-refractivity contribution in [2.45, 2.75) is 13.5 Å². The number of nitrogens with one attached hydrogen (secondary N) is 2. The fourth-order valence-electron chi connectivity index (χ4n) is 2.34. The molecule has 0 aliphatic carbocycles. The van der Waals surface area contributed by atoms with Crippen molar-refractivity contribution in [3.05, 3.63) is 82.6 Å². The first kappa shape index (κ1) is 16.9. The number of aromatic nitrogens is 2. The van der Waals surface area contributed by atoms with Gasteiger partial charge in [-0.05, 0) is 36.8 Å². The summed E-state index contributed by atoms with van der Waals surface area (Å²) < 4.78 is 0. The van der Waals surface area contributed by atoms with Gasteiger partial charge >= 0.3 is 0 Å². The van der Waals surface area contributed by atoms with E-state index in [0.717, 1.165) is 16.8 Å². The van der Waals surface area contributed by atoms with Gasteiger partial charge in [0.2, 0.25) is 5.95 Å². The minimum absolute atomic E-state index is 0.252. The quantitative estimate of drug-likeness (QED) is 0.725. The molecule has 0 aliphatic rings. The second kappa shape index (κ2) is 7.77. The van der Waals surface area contributed by atoms with Crippen molar-refractivity contribution >= 4 is 29.1 Å². The van der Waals surface area contributed by atoms with E-state index < -0.39 is 0 Å². The molecule has 0 radical (unpaired) electrons. The lowest BCUT2D eigenvalue weighted by Gasteiger charge is -2.08. The Morgan fingerprint density at radius 2 is 1.96 bits per heavy atom. The summed E-state index contributed by atoms with van der Waals surface area (Å²) in [6.45, 7) is 2.46. The van der Waals surface area contributed by atoms with Crippen molar-refractivity contribution in [2.75, 3.05) is 5.32 Å². The fourth-order valence-corrected chi connectivity index (χ4v) is 2.53. The lowest BCUT2D eigenvalue weighted by molar-refractivity contribution is 0.0946. The van der Waals surface area contributed by atoms with Crippen molar-refractivity contribution in [3.8, 4) is 0 Å². The molecule has 0 atom stereocenters. The van der Waals surface area contributed by atoms with E-state index in [0.29, 0.717) is 23.2 Å². The van der Waals surface area contributed by atoms with Crippen molar-refractivity contribution < 1.29 is 4.79 Å². The van der Waals surface area contributed by atoms with E-state index in [2.05, 4.69) is 20.6 Å². The van der Waals surface area contributed by atoms with E-state index in [-0.39, 0.29) is 5.91 Å². The van der Waals surface area contributed by atoms with Crippen LogP contribution in [-0.2, 0) is 6.54 Å². The van der Waals surface area contributed by atoms with Crippen molar-refractivity contribution in [1.29, 1.82) is 0 Å². The van der Waals surface area contributed by atoms with Crippen molar-refractivity contribution in [2.24, 2.45) is 0 Å². The average Bonchev–Trinajstić information content (AvgIpc) is 2.60. The Bertz CT molecular complexity index is 898. The smallest absolute Gasteiger partial charge is 0.270 e. The number of halogens is 1. The maximum Gasteiger partial charge on any atom is 0.270 e. The number of aryl methyl sites for hydroxylation is 1. The molecular weight excluding hydrogens is 336 g/mol. The highest BCUT2D eigenvalue weighted by Crippen LogP contribution is 2.17. The van der Waals surface area contributed by atoms with Crippen LogP contribution in [0.3, 0.4) is 0 Å². The van der Waals surface area contributed by atoms with Gasteiger partial charge in [0.25, 0.3) is 5.91 Å². The summed E-state index contributed by atoms with van der Waals surface area (Å²) in [4.78, 5) is 20.7. The highest BCUT2D eigenvalue weighted by atomic mass is 35.5. The van der Waals surface area contributed by atoms with Gasteiger partial charge in [0.15, 0.2) is 0 Å². The normalized spacial score (nSPS) is 10.3. The minimum atomic E-state index is -0.252. The van der Waals surface area contributed by atoms with E-state index in [1.807, 2.05) is 43.3 Å². The Labute approximate surface area is 151 Å². The lowest BCUT2D eigenvalue weighted by Crippen LogP contribution is -2.24. The number of nitrogens with zero attached hydrogens (tertiary/aromatic N) is 2. The molecule has 5 nitrogen and oxygen atoms in total. The lowest BCUT2D eigenvalue weighted by atomic mass is 10.1. The third kappa shape index (κ3) is 4.78. The molecule has 0 fully saturated rings. The molecule has 2 aromatic carbocycles. The molecule has 0 saturated carbocycles. The van der Waals surface area contributed by atoms with Gasteiger partial charge in [0.05, 0.1) is 0 Å². The van der Waals surface area contributed by atoms with Crippen LogP contribution in [0, 0.1) is 6.92 Å². The van der Waals surface area contributed by atoms with Crippen LogP contribution in [0.25, 0.3) is 0 Å². The van der Waals surface area contributed by atoms with Crippen LogP contribution in [0.1, 0.15) is 21.6 Å². The van der Waals surface area contributed by atoms with Gasteiger partial charge in [-0.2, -0.15) is 0 Å². The van der Waals surface area contributed by atoms with Gasteiger partial charge in [-0.3, -0.25) is 4.79 Å². The van der Waals surface area contributed by atoms with E-state index >= 15 is 0 Å². The zero-order valence-corrected chi connectivity index (χ0v) is 14.4. The molecule has 0 bridgehead atoms. The van der Waals surface area contributed by atoms with Crippen molar-refractivity contribution in [1.82, 2.24) is 15.3 Å². The van der Waals surface area contributed by atoms with Gasteiger partial charge in [-0.25, -0.2) is 9.97 Å². The standard InChI is InChI=1S/C19H17ClN4O/c1-13-4-2-5-14(10-13)12-22-18(25)17-8-9-21-19(24-17)23-16-7-3-6-15(20)11-16/h2-11H,12H2,1H3,(H,22,25)(H,21,23,24). The third-order valence-electron chi connectivity index (χ3n) is 3.50. The van der Waals surface area contributed by atoms with Crippen LogP contribution >= 0.6 is 11.6 Å². The Hall–Kier alpha value is -2.92. The molecule has 0 spiro atoms. The van der Waals surface area contributed by atoms with Crippen LogP contribution in [0.5, 0.6) is 0 Å². The van der Waals surface area contributed by atoms with E-state index in [1.165, 1.54) is 0 Å². The molecule has 0 aliphatic heterocycles. The highest BCUT2D eigenvalue weighted by molar-refractivity contribution is 6.30. The predicted molar refractivity (Wildman–Crippen MR) is 99.1 cm³/mol. The van der Waals surface area contributed by atoms with Gasteiger partial charge in [0.1, 0.15) is 5.69 Å².